The summed E-state index contributed by atoms with van der Waals surface area (Å²) in [7, 11) is 0. The number of rotatable bonds is 5. The summed E-state index contributed by atoms with van der Waals surface area (Å²) >= 11 is 0. The Balaban J connectivity index is 2.07. The van der Waals surface area contributed by atoms with Crippen LogP contribution in [-0.2, 0) is 0 Å². The van der Waals surface area contributed by atoms with Gasteiger partial charge >= 0.3 is 6.03 Å². The summed E-state index contributed by atoms with van der Waals surface area (Å²) in [5.74, 6) is 0. The fraction of sp³-hybridized carbons (Fsp3) is 0.333. The molecule has 0 aliphatic rings. The van der Waals surface area contributed by atoms with Gasteiger partial charge in [-0.3, -0.25) is 0 Å². The van der Waals surface area contributed by atoms with Gasteiger partial charge in [-0.05, 0) is 18.2 Å². The molecule has 0 radical (unpaired) electrons. The number of urea groups is 1. The molecule has 1 heterocycles. The maximum Gasteiger partial charge on any atom is 0.322 e. The molecule has 1 aromatic carbocycles. The van der Waals surface area contributed by atoms with Crippen LogP contribution < -0.4 is 5.32 Å². The van der Waals surface area contributed by atoms with Gasteiger partial charge in [-0.1, -0.05) is 0 Å². The Morgan fingerprint density at radius 3 is 2.74 bits per heavy atom. The predicted octanol–water partition coefficient (Wildman–Crippen LogP) is 0.381. The van der Waals surface area contributed by atoms with Crippen molar-refractivity contribution in [3.8, 4) is 0 Å². The van der Waals surface area contributed by atoms with Crippen LogP contribution in [0, 0.1) is 0 Å². The van der Waals surface area contributed by atoms with Gasteiger partial charge in [-0.15, -0.1) is 0 Å². The average molecular weight is 264 g/mol. The second-order valence-corrected chi connectivity index (χ2v) is 4.00. The van der Waals surface area contributed by atoms with E-state index in [-0.39, 0.29) is 32.3 Å². The number of aliphatic hydroxyl groups excluding tert-OH is 2. The maximum absolute atomic E-state index is 11.9. The van der Waals surface area contributed by atoms with Crippen molar-refractivity contribution in [1.82, 2.24) is 14.9 Å². The quantitative estimate of drug-likeness (QED) is 0.627. The zero-order chi connectivity index (χ0) is 13.7. The number of carbonyl (C=O) groups excluding carboxylic acids is 1. The molecule has 0 bridgehead atoms. The molecule has 0 spiro atoms. The third-order valence-corrected chi connectivity index (χ3v) is 2.70. The Morgan fingerprint density at radius 2 is 2.05 bits per heavy atom. The first-order valence-corrected chi connectivity index (χ1v) is 5.95. The molecule has 0 aliphatic heterocycles. The number of hydrogen-bond acceptors (Lipinski definition) is 4. The van der Waals surface area contributed by atoms with E-state index in [0.717, 1.165) is 11.0 Å². The zero-order valence-electron chi connectivity index (χ0n) is 10.3. The number of carbonyl (C=O) groups is 1. The second kappa shape index (κ2) is 6.17. The topological polar surface area (TPSA) is 101 Å². The van der Waals surface area contributed by atoms with Gasteiger partial charge in [0.2, 0.25) is 0 Å². The molecule has 7 nitrogen and oxygen atoms in total. The van der Waals surface area contributed by atoms with E-state index in [9.17, 15) is 4.79 Å². The highest BCUT2D eigenvalue weighted by atomic mass is 16.3. The third kappa shape index (κ3) is 3.21. The number of hydrogen-bond donors (Lipinski definition) is 4. The number of H-pyrrole nitrogens is 1. The number of nitrogens with one attached hydrogen (secondary N) is 2. The van der Waals surface area contributed by atoms with E-state index in [1.807, 2.05) is 0 Å². The van der Waals surface area contributed by atoms with E-state index in [1.165, 1.54) is 4.90 Å². The molecule has 2 rings (SSSR count). The predicted molar refractivity (Wildman–Crippen MR) is 70.9 cm³/mol. The van der Waals surface area contributed by atoms with Crippen LogP contribution in [0.4, 0.5) is 10.5 Å². The van der Waals surface area contributed by atoms with E-state index in [4.69, 9.17) is 10.2 Å². The zero-order valence-corrected chi connectivity index (χ0v) is 10.3. The Bertz CT molecular complexity index is 549. The molecule has 7 heteroatoms. The number of imidazole rings is 1. The van der Waals surface area contributed by atoms with E-state index < -0.39 is 0 Å². The van der Waals surface area contributed by atoms with E-state index in [1.54, 1.807) is 24.5 Å². The summed E-state index contributed by atoms with van der Waals surface area (Å²) in [5.41, 5.74) is 2.27. The number of aliphatic hydroxyl groups is 2. The minimum absolute atomic E-state index is 0.146. The lowest BCUT2D eigenvalue weighted by molar-refractivity contribution is 0.167. The molecular weight excluding hydrogens is 248 g/mol. The monoisotopic (exact) mass is 264 g/mol. The normalized spacial score (nSPS) is 10.6. The van der Waals surface area contributed by atoms with Crippen LogP contribution in [0.5, 0.6) is 0 Å². The molecule has 0 atom stereocenters. The van der Waals surface area contributed by atoms with E-state index >= 15 is 0 Å². The highest BCUT2D eigenvalue weighted by Gasteiger charge is 2.12. The van der Waals surface area contributed by atoms with Crippen LogP contribution >= 0.6 is 0 Å². The molecule has 2 aromatic rings. The first-order chi connectivity index (χ1) is 9.24. The lowest BCUT2D eigenvalue weighted by Crippen LogP contribution is -2.38. The van der Waals surface area contributed by atoms with Gasteiger partial charge in [0.15, 0.2) is 0 Å². The molecule has 19 heavy (non-hydrogen) atoms. The summed E-state index contributed by atoms with van der Waals surface area (Å²) < 4.78 is 0. The lowest BCUT2D eigenvalue weighted by atomic mass is 10.3. The molecule has 0 fully saturated rings. The first kappa shape index (κ1) is 13.3. The van der Waals surface area contributed by atoms with Crippen LogP contribution in [0.1, 0.15) is 0 Å². The minimum Gasteiger partial charge on any atom is -0.395 e. The number of aromatic nitrogens is 2. The van der Waals surface area contributed by atoms with Gasteiger partial charge in [-0.2, -0.15) is 0 Å². The van der Waals surface area contributed by atoms with Crippen molar-refractivity contribution in [3.63, 3.8) is 0 Å². The van der Waals surface area contributed by atoms with Crippen LogP contribution in [0.15, 0.2) is 24.5 Å². The molecule has 0 aliphatic carbocycles. The van der Waals surface area contributed by atoms with Gasteiger partial charge in [0.1, 0.15) is 0 Å². The Morgan fingerprint density at radius 1 is 1.32 bits per heavy atom. The van der Waals surface area contributed by atoms with Crippen molar-refractivity contribution in [2.75, 3.05) is 31.6 Å². The fourth-order valence-corrected chi connectivity index (χ4v) is 1.77. The number of benzene rings is 1. The fourth-order valence-electron chi connectivity index (χ4n) is 1.77. The lowest BCUT2D eigenvalue weighted by Gasteiger charge is -2.21. The van der Waals surface area contributed by atoms with Crippen LogP contribution in [-0.4, -0.2) is 57.4 Å². The van der Waals surface area contributed by atoms with Crippen LogP contribution in [0.25, 0.3) is 11.0 Å². The summed E-state index contributed by atoms with van der Waals surface area (Å²) in [6.45, 7) is 0.0669. The van der Waals surface area contributed by atoms with Crippen LogP contribution in [0.3, 0.4) is 0 Å². The highest BCUT2D eigenvalue weighted by molar-refractivity contribution is 5.91. The minimum atomic E-state index is -0.359. The van der Waals surface area contributed by atoms with Crippen LogP contribution in [0.2, 0.25) is 0 Å². The average Bonchev–Trinajstić information content (AvgIpc) is 2.86. The maximum atomic E-state index is 11.9. The Kier molecular flexibility index (Phi) is 4.32. The largest absolute Gasteiger partial charge is 0.395 e. The van der Waals surface area contributed by atoms with Gasteiger partial charge in [0.25, 0.3) is 0 Å². The Labute approximate surface area is 109 Å². The summed E-state index contributed by atoms with van der Waals surface area (Å²) in [4.78, 5) is 20.3. The van der Waals surface area contributed by atoms with Crippen molar-refractivity contribution < 1.29 is 15.0 Å². The number of fused-ring (bicyclic) bond motifs is 1. The van der Waals surface area contributed by atoms with E-state index in [2.05, 4.69) is 15.3 Å². The van der Waals surface area contributed by atoms with Gasteiger partial charge in [-0.25, -0.2) is 9.78 Å². The van der Waals surface area contributed by atoms with Crippen molar-refractivity contribution in [3.05, 3.63) is 24.5 Å². The number of amides is 2. The van der Waals surface area contributed by atoms with Gasteiger partial charge in [0.05, 0.1) is 30.6 Å². The molecule has 0 unspecified atom stereocenters. The number of nitrogens with zero attached hydrogens (tertiary/aromatic N) is 2. The van der Waals surface area contributed by atoms with Crippen molar-refractivity contribution in [2.24, 2.45) is 0 Å². The molecule has 0 saturated carbocycles. The van der Waals surface area contributed by atoms with Gasteiger partial charge < -0.3 is 25.4 Å². The molecular formula is C12H16N4O3. The molecule has 4 N–H and O–H groups in total. The van der Waals surface area contributed by atoms with Crippen molar-refractivity contribution in [1.29, 1.82) is 0 Å². The van der Waals surface area contributed by atoms with E-state index in [0.29, 0.717) is 5.69 Å². The number of anilines is 1. The molecule has 1 aromatic heterocycles. The van der Waals surface area contributed by atoms with Crippen molar-refractivity contribution in [2.45, 2.75) is 0 Å². The number of aromatic amines is 1. The Hall–Kier alpha value is -2.12. The first-order valence-electron chi connectivity index (χ1n) is 5.95. The summed E-state index contributed by atoms with van der Waals surface area (Å²) in [6, 6.07) is 4.96. The molecule has 2 amide bonds. The van der Waals surface area contributed by atoms with Gasteiger partial charge in [0, 0.05) is 18.8 Å². The third-order valence-electron chi connectivity index (χ3n) is 2.70. The second-order valence-electron chi connectivity index (χ2n) is 4.00. The molecule has 102 valence electrons. The smallest absolute Gasteiger partial charge is 0.322 e. The summed E-state index contributed by atoms with van der Waals surface area (Å²) in [5, 5.41) is 20.5. The molecule has 0 saturated heterocycles. The van der Waals surface area contributed by atoms with Crippen molar-refractivity contribution >= 4 is 22.8 Å². The summed E-state index contributed by atoms with van der Waals surface area (Å²) in [6.07, 6.45) is 1.58. The standard InChI is InChI=1S/C12H16N4O3/c17-5-3-16(4-6-18)12(19)15-9-1-2-10-11(7-9)14-8-13-10/h1-2,7-8,17-18H,3-6H2,(H,13,14)(H,15,19). The highest BCUT2D eigenvalue weighted by Crippen LogP contribution is 2.15. The SMILES string of the molecule is O=C(Nc1ccc2nc[nH]c2c1)N(CCO)CCO.